The van der Waals surface area contributed by atoms with Crippen molar-refractivity contribution in [3.8, 4) is 0 Å². The van der Waals surface area contributed by atoms with E-state index in [4.69, 9.17) is 9.47 Å². The minimum atomic E-state index is -0.805. The lowest BCUT2D eigenvalue weighted by Crippen LogP contribution is -2.45. The topological polar surface area (TPSA) is 77.0 Å². The molecule has 0 aromatic heterocycles. The van der Waals surface area contributed by atoms with E-state index in [1.165, 1.54) is 7.11 Å². The van der Waals surface area contributed by atoms with Crippen molar-refractivity contribution in [1.82, 2.24) is 5.32 Å². The zero-order chi connectivity index (χ0) is 17.5. The fraction of sp³-hybridized carbons (Fsp3) is 0.471. The van der Waals surface area contributed by atoms with Crippen LogP contribution in [-0.4, -0.2) is 44.1 Å². The molecule has 0 fully saturated rings. The molecule has 1 N–H and O–H groups in total. The van der Waals surface area contributed by atoms with E-state index in [-0.39, 0.29) is 0 Å². The van der Waals surface area contributed by atoms with Gasteiger partial charge in [0.05, 0.1) is 7.11 Å². The summed E-state index contributed by atoms with van der Waals surface area (Å²) in [6, 6.07) is 6.74. The number of rotatable bonds is 5. The van der Waals surface area contributed by atoms with Crippen LogP contribution in [-0.2, 0) is 20.7 Å². The third-order valence-corrected chi connectivity index (χ3v) is 2.87. The smallest absolute Gasteiger partial charge is 0.408 e. The van der Waals surface area contributed by atoms with E-state index in [2.05, 4.69) is 10.3 Å². The minimum absolute atomic E-state index is 0.315. The number of alkyl carbamates (subject to hydrolysis) is 1. The van der Waals surface area contributed by atoms with Gasteiger partial charge in [0.1, 0.15) is 11.6 Å². The molecular weight excluding hydrogens is 296 g/mol. The van der Waals surface area contributed by atoms with Crippen molar-refractivity contribution in [3.63, 3.8) is 0 Å². The first-order valence-electron chi connectivity index (χ1n) is 7.33. The molecule has 1 atom stereocenters. The minimum Gasteiger partial charge on any atom is -0.467 e. The van der Waals surface area contributed by atoms with Gasteiger partial charge >= 0.3 is 12.1 Å². The number of carbonyl (C=O) groups excluding carboxylic acids is 2. The van der Waals surface area contributed by atoms with Crippen LogP contribution in [0.25, 0.3) is 0 Å². The van der Waals surface area contributed by atoms with E-state index in [0.717, 1.165) is 11.1 Å². The molecule has 1 aromatic rings. The number of carbonyl (C=O) groups is 2. The number of amides is 1. The van der Waals surface area contributed by atoms with Gasteiger partial charge < -0.3 is 14.8 Å². The van der Waals surface area contributed by atoms with Gasteiger partial charge in [-0.25, -0.2) is 9.59 Å². The molecule has 1 unspecified atom stereocenters. The second kappa shape index (κ2) is 8.31. The van der Waals surface area contributed by atoms with Gasteiger partial charge in [0.2, 0.25) is 0 Å². The number of hydrogen-bond donors (Lipinski definition) is 1. The Hall–Kier alpha value is -2.37. The average Bonchev–Trinajstić information content (AvgIpc) is 2.46. The molecule has 6 nitrogen and oxygen atoms in total. The van der Waals surface area contributed by atoms with Crippen molar-refractivity contribution < 1.29 is 19.1 Å². The second-order valence-corrected chi connectivity index (χ2v) is 6.05. The summed E-state index contributed by atoms with van der Waals surface area (Å²) in [4.78, 5) is 27.7. The zero-order valence-corrected chi connectivity index (χ0v) is 14.3. The first kappa shape index (κ1) is 18.7. The third-order valence-electron chi connectivity index (χ3n) is 2.87. The van der Waals surface area contributed by atoms with E-state index < -0.39 is 23.7 Å². The van der Waals surface area contributed by atoms with Gasteiger partial charge in [0.25, 0.3) is 0 Å². The molecule has 0 spiro atoms. The molecule has 6 heteroatoms. The predicted molar refractivity (Wildman–Crippen MR) is 88.8 cm³/mol. The van der Waals surface area contributed by atoms with Gasteiger partial charge in [-0.1, -0.05) is 24.3 Å². The summed E-state index contributed by atoms with van der Waals surface area (Å²) in [6.07, 6.45) is 1.40. The fourth-order valence-electron chi connectivity index (χ4n) is 1.91. The summed E-state index contributed by atoms with van der Waals surface area (Å²) < 4.78 is 9.92. The number of benzene rings is 1. The molecular formula is C17H24N2O4. The van der Waals surface area contributed by atoms with Crippen LogP contribution in [0.2, 0.25) is 0 Å². The van der Waals surface area contributed by atoms with Crippen LogP contribution in [0, 0.1) is 0 Å². The summed E-state index contributed by atoms with van der Waals surface area (Å²) in [6.45, 7) is 5.27. The highest BCUT2D eigenvalue weighted by atomic mass is 16.6. The van der Waals surface area contributed by atoms with Crippen LogP contribution in [0.5, 0.6) is 0 Å². The Morgan fingerprint density at radius 2 is 1.87 bits per heavy atom. The van der Waals surface area contributed by atoms with Crippen LogP contribution in [0.1, 0.15) is 31.9 Å². The Kier molecular flexibility index (Phi) is 6.75. The normalized spacial score (nSPS) is 12.7. The van der Waals surface area contributed by atoms with Crippen LogP contribution < -0.4 is 5.32 Å². The predicted octanol–water partition coefficient (Wildman–Crippen LogP) is 2.34. The van der Waals surface area contributed by atoms with Crippen molar-refractivity contribution in [3.05, 3.63) is 35.4 Å². The lowest BCUT2D eigenvalue weighted by Gasteiger charge is -2.22. The van der Waals surface area contributed by atoms with Crippen LogP contribution in [0.15, 0.2) is 29.3 Å². The Morgan fingerprint density at radius 1 is 1.26 bits per heavy atom. The van der Waals surface area contributed by atoms with Gasteiger partial charge in [0, 0.05) is 19.7 Å². The summed E-state index contributed by atoms with van der Waals surface area (Å²) in [5.74, 6) is -0.518. The summed E-state index contributed by atoms with van der Waals surface area (Å²) in [7, 11) is 2.98. The number of ether oxygens (including phenoxy) is 2. The van der Waals surface area contributed by atoms with Crippen molar-refractivity contribution in [2.45, 2.75) is 38.8 Å². The third kappa shape index (κ3) is 6.95. The molecule has 126 valence electrons. The molecule has 1 aromatic carbocycles. The molecule has 0 aliphatic carbocycles. The first-order chi connectivity index (χ1) is 10.7. The average molecular weight is 320 g/mol. The zero-order valence-electron chi connectivity index (χ0n) is 14.3. The Bertz CT molecular complexity index is 559. The van der Waals surface area contributed by atoms with Gasteiger partial charge in [-0.2, -0.15) is 0 Å². The summed E-state index contributed by atoms with van der Waals surface area (Å²) in [5.41, 5.74) is 1.22. The van der Waals surface area contributed by atoms with Crippen molar-refractivity contribution in [2.24, 2.45) is 4.99 Å². The maximum atomic E-state index is 11.9. The molecule has 0 aliphatic rings. The monoisotopic (exact) mass is 320 g/mol. The number of aliphatic imine (C=N–C) groups is 1. The summed E-state index contributed by atoms with van der Waals surface area (Å²) >= 11 is 0. The lowest BCUT2D eigenvalue weighted by molar-refractivity contribution is -0.143. The summed E-state index contributed by atoms with van der Waals surface area (Å²) in [5, 5.41) is 2.55. The molecule has 0 aliphatic heterocycles. The SMILES string of the molecule is CN=Cc1ccc(CC(NC(=O)OC(C)(C)C)C(=O)OC)cc1. The highest BCUT2D eigenvalue weighted by Crippen LogP contribution is 2.10. The number of hydrogen-bond acceptors (Lipinski definition) is 5. The lowest BCUT2D eigenvalue weighted by atomic mass is 10.0. The van der Waals surface area contributed by atoms with Gasteiger partial charge in [-0.15, -0.1) is 0 Å². The Morgan fingerprint density at radius 3 is 2.35 bits per heavy atom. The largest absolute Gasteiger partial charge is 0.467 e. The van der Waals surface area contributed by atoms with E-state index in [1.54, 1.807) is 34.0 Å². The molecule has 1 rings (SSSR count). The van der Waals surface area contributed by atoms with Crippen LogP contribution in [0.3, 0.4) is 0 Å². The highest BCUT2D eigenvalue weighted by Gasteiger charge is 2.25. The highest BCUT2D eigenvalue weighted by molar-refractivity contribution is 5.82. The van der Waals surface area contributed by atoms with E-state index >= 15 is 0 Å². The number of methoxy groups -OCH3 is 1. The standard InChI is InChI=1S/C17H24N2O4/c1-17(2,3)23-16(21)19-14(15(20)22-5)10-12-6-8-13(9-7-12)11-18-4/h6-9,11,14H,10H2,1-5H3,(H,19,21). The van der Waals surface area contributed by atoms with Gasteiger partial charge in [-0.3, -0.25) is 4.99 Å². The molecule has 0 saturated carbocycles. The van der Waals surface area contributed by atoms with Crippen molar-refractivity contribution >= 4 is 18.3 Å². The molecule has 0 saturated heterocycles. The maximum absolute atomic E-state index is 11.9. The van der Waals surface area contributed by atoms with Gasteiger partial charge in [0.15, 0.2) is 0 Å². The van der Waals surface area contributed by atoms with E-state index in [9.17, 15) is 9.59 Å². The Labute approximate surface area is 136 Å². The second-order valence-electron chi connectivity index (χ2n) is 6.05. The fourth-order valence-corrected chi connectivity index (χ4v) is 1.91. The molecule has 23 heavy (non-hydrogen) atoms. The van der Waals surface area contributed by atoms with Crippen LogP contribution >= 0.6 is 0 Å². The molecule has 0 heterocycles. The molecule has 0 bridgehead atoms. The Balaban J connectivity index is 2.78. The first-order valence-corrected chi connectivity index (χ1v) is 7.33. The molecule has 1 amide bonds. The van der Waals surface area contributed by atoms with Crippen molar-refractivity contribution in [1.29, 1.82) is 0 Å². The van der Waals surface area contributed by atoms with E-state index in [0.29, 0.717) is 6.42 Å². The quantitative estimate of drug-likeness (QED) is 0.667. The van der Waals surface area contributed by atoms with Crippen LogP contribution in [0.4, 0.5) is 4.79 Å². The van der Waals surface area contributed by atoms with Gasteiger partial charge in [-0.05, 0) is 31.9 Å². The number of nitrogens with zero attached hydrogens (tertiary/aromatic N) is 1. The number of esters is 1. The number of nitrogens with one attached hydrogen (secondary N) is 1. The van der Waals surface area contributed by atoms with E-state index in [1.807, 2.05) is 24.3 Å². The van der Waals surface area contributed by atoms with Crippen molar-refractivity contribution in [2.75, 3.05) is 14.2 Å². The molecule has 0 radical (unpaired) electrons. The maximum Gasteiger partial charge on any atom is 0.408 e.